The van der Waals surface area contributed by atoms with E-state index < -0.39 is 11.8 Å². The Morgan fingerprint density at radius 1 is 1.30 bits per heavy atom. The molecule has 8 heteroatoms. The molecule has 0 saturated carbocycles. The van der Waals surface area contributed by atoms with Crippen LogP contribution in [0.3, 0.4) is 0 Å². The van der Waals surface area contributed by atoms with Crippen molar-refractivity contribution in [1.82, 2.24) is 19.9 Å². The summed E-state index contributed by atoms with van der Waals surface area (Å²) in [5, 5.41) is 19.7. The van der Waals surface area contributed by atoms with Crippen molar-refractivity contribution in [1.29, 1.82) is 0 Å². The lowest BCUT2D eigenvalue weighted by molar-refractivity contribution is 0.0653. The number of amides is 1. The number of carbonyl (C=O) groups excluding carboxylic acids is 1. The normalized spacial score (nSPS) is 10.9. The zero-order valence-corrected chi connectivity index (χ0v) is 15.9. The van der Waals surface area contributed by atoms with Crippen molar-refractivity contribution in [2.75, 3.05) is 19.8 Å². The maximum Gasteiger partial charge on any atom is 0.276 e. The van der Waals surface area contributed by atoms with Crippen molar-refractivity contribution in [3.8, 4) is 23.1 Å². The number of carbonyl (C=O) groups is 1. The quantitative estimate of drug-likeness (QED) is 0.648. The molecule has 0 bridgehead atoms. The van der Waals surface area contributed by atoms with Crippen LogP contribution < -0.4 is 4.74 Å². The summed E-state index contributed by atoms with van der Waals surface area (Å²) in [5.74, 6) is -0.762. The van der Waals surface area contributed by atoms with Gasteiger partial charge in [-0.3, -0.25) is 9.78 Å². The van der Waals surface area contributed by atoms with Crippen LogP contribution in [0, 0.1) is 0 Å². The van der Waals surface area contributed by atoms with Crippen molar-refractivity contribution >= 4 is 5.91 Å². The molecule has 0 atom stereocenters. The monoisotopic (exact) mass is 374 g/mol. The molecule has 0 aliphatic rings. The van der Waals surface area contributed by atoms with Gasteiger partial charge in [0, 0.05) is 18.8 Å². The molecule has 2 N–H and O–H groups in total. The second-order valence-corrected chi connectivity index (χ2v) is 6.28. The van der Waals surface area contributed by atoms with Crippen LogP contribution in [0.5, 0.6) is 11.6 Å². The van der Waals surface area contributed by atoms with E-state index in [1.54, 1.807) is 24.4 Å². The van der Waals surface area contributed by atoms with Crippen molar-refractivity contribution in [3.63, 3.8) is 0 Å². The number of ether oxygens (including phenoxy) is 1. The Labute approximate surface area is 158 Å². The van der Waals surface area contributed by atoms with Gasteiger partial charge in [-0.1, -0.05) is 19.4 Å². The summed E-state index contributed by atoms with van der Waals surface area (Å²) in [4.78, 5) is 27.1. The third-order valence-corrected chi connectivity index (χ3v) is 3.91. The van der Waals surface area contributed by atoms with Gasteiger partial charge >= 0.3 is 0 Å². The Balaban J connectivity index is 2.51. The zero-order valence-electron chi connectivity index (χ0n) is 15.9. The van der Waals surface area contributed by atoms with Crippen LogP contribution in [0.2, 0.25) is 0 Å². The van der Waals surface area contributed by atoms with E-state index in [2.05, 4.69) is 15.0 Å². The first-order valence-electron chi connectivity index (χ1n) is 9.06. The summed E-state index contributed by atoms with van der Waals surface area (Å²) in [6, 6.07) is 5.04. The highest BCUT2D eigenvalue weighted by molar-refractivity contribution is 5.96. The average Bonchev–Trinajstić information content (AvgIpc) is 2.67. The molecule has 8 nitrogen and oxygen atoms in total. The van der Waals surface area contributed by atoms with Crippen molar-refractivity contribution in [2.24, 2.45) is 0 Å². The summed E-state index contributed by atoms with van der Waals surface area (Å²) in [6.07, 6.45) is 3.24. The molecule has 0 unspecified atom stereocenters. The topological polar surface area (TPSA) is 109 Å². The van der Waals surface area contributed by atoms with E-state index in [4.69, 9.17) is 4.74 Å². The lowest BCUT2D eigenvalue weighted by atomic mass is 10.2. The number of rotatable bonds is 9. The molecule has 0 spiro atoms. The van der Waals surface area contributed by atoms with Crippen molar-refractivity contribution in [2.45, 2.75) is 39.7 Å². The van der Waals surface area contributed by atoms with Crippen LogP contribution in [-0.4, -0.2) is 61.8 Å². The number of aliphatic hydroxyl groups excluding tert-OH is 1. The fraction of sp³-hybridized carbons (Fsp3) is 0.474. The number of pyridine rings is 1. The molecule has 1 amide bonds. The highest BCUT2D eigenvalue weighted by Crippen LogP contribution is 2.31. The second kappa shape index (κ2) is 9.82. The number of aliphatic hydroxyl groups is 1. The molecule has 0 saturated heterocycles. The third kappa shape index (κ3) is 5.13. The molecule has 2 aromatic rings. The number of aromatic nitrogens is 3. The lowest BCUT2D eigenvalue weighted by Crippen LogP contribution is -2.39. The fourth-order valence-corrected chi connectivity index (χ4v) is 2.48. The first-order valence-corrected chi connectivity index (χ1v) is 9.06. The highest BCUT2D eigenvalue weighted by atomic mass is 16.5. The van der Waals surface area contributed by atoms with Gasteiger partial charge in [0.15, 0.2) is 11.5 Å². The van der Waals surface area contributed by atoms with E-state index in [0.29, 0.717) is 12.3 Å². The van der Waals surface area contributed by atoms with Crippen LogP contribution in [0.1, 0.15) is 44.1 Å². The maximum absolute atomic E-state index is 13.1. The highest BCUT2D eigenvalue weighted by Gasteiger charge is 2.27. The molecule has 2 heterocycles. The predicted molar refractivity (Wildman–Crippen MR) is 101 cm³/mol. The summed E-state index contributed by atoms with van der Waals surface area (Å²) in [5.41, 5.74) is 0.390. The molecule has 2 rings (SSSR count). The number of hydrogen-bond donors (Lipinski definition) is 2. The first-order chi connectivity index (χ1) is 13.0. The Morgan fingerprint density at radius 2 is 2.07 bits per heavy atom. The fourth-order valence-electron chi connectivity index (χ4n) is 2.48. The molecule has 146 valence electrons. The Morgan fingerprint density at radius 3 is 2.67 bits per heavy atom. The molecule has 27 heavy (non-hydrogen) atoms. The summed E-state index contributed by atoms with van der Waals surface area (Å²) in [6.45, 7) is 5.99. The average molecular weight is 374 g/mol. The predicted octanol–water partition coefficient (Wildman–Crippen LogP) is 2.27. The molecule has 0 radical (unpaired) electrons. The third-order valence-electron chi connectivity index (χ3n) is 3.91. The van der Waals surface area contributed by atoms with Crippen LogP contribution in [0.25, 0.3) is 11.5 Å². The molecule has 0 aliphatic heterocycles. The Bertz CT molecular complexity index is 753. The maximum atomic E-state index is 13.1. The summed E-state index contributed by atoms with van der Waals surface area (Å²) in [7, 11) is 0. The first kappa shape index (κ1) is 20.6. The molecule has 0 fully saturated rings. The molecule has 0 aromatic carbocycles. The van der Waals surface area contributed by atoms with Crippen LogP contribution in [0.4, 0.5) is 0 Å². The molecular weight excluding hydrogens is 348 g/mol. The molecule has 0 aliphatic carbocycles. The second-order valence-electron chi connectivity index (χ2n) is 6.28. The van der Waals surface area contributed by atoms with Gasteiger partial charge in [0.2, 0.25) is 5.75 Å². The number of aromatic hydroxyl groups is 1. The van der Waals surface area contributed by atoms with Crippen molar-refractivity contribution < 1.29 is 19.7 Å². The van der Waals surface area contributed by atoms with Gasteiger partial charge in [-0.2, -0.15) is 4.98 Å². The summed E-state index contributed by atoms with van der Waals surface area (Å²) < 4.78 is 5.62. The Hall–Kier alpha value is -2.74. The van der Waals surface area contributed by atoms with Gasteiger partial charge in [0.1, 0.15) is 5.69 Å². The largest absolute Gasteiger partial charge is 0.491 e. The minimum atomic E-state index is -0.444. The van der Waals surface area contributed by atoms with E-state index in [1.807, 2.05) is 20.8 Å². The van der Waals surface area contributed by atoms with E-state index in [0.717, 1.165) is 12.8 Å². The van der Waals surface area contributed by atoms with Gasteiger partial charge in [-0.25, -0.2) is 4.98 Å². The number of hydrogen-bond acceptors (Lipinski definition) is 7. The Kier molecular flexibility index (Phi) is 7.48. The van der Waals surface area contributed by atoms with Gasteiger partial charge in [-0.15, -0.1) is 0 Å². The van der Waals surface area contributed by atoms with E-state index >= 15 is 0 Å². The van der Waals surface area contributed by atoms with E-state index in [1.165, 1.54) is 4.90 Å². The SMILES string of the molecule is CCCCOc1c(O)nc(-c2ccccn2)nc1C(=O)N(CCO)C(C)C. The number of unbranched alkanes of at least 4 members (excludes halogenated alkanes) is 1. The van der Waals surface area contributed by atoms with E-state index in [9.17, 15) is 15.0 Å². The van der Waals surface area contributed by atoms with Gasteiger partial charge in [0.05, 0.1) is 13.2 Å². The smallest absolute Gasteiger partial charge is 0.276 e. The molecular formula is C19H26N4O4. The van der Waals surface area contributed by atoms with Crippen molar-refractivity contribution in [3.05, 3.63) is 30.1 Å². The van der Waals surface area contributed by atoms with Crippen LogP contribution in [0.15, 0.2) is 24.4 Å². The zero-order chi connectivity index (χ0) is 19.8. The van der Waals surface area contributed by atoms with Gasteiger partial charge < -0.3 is 19.8 Å². The van der Waals surface area contributed by atoms with Crippen LogP contribution in [-0.2, 0) is 0 Å². The minimum absolute atomic E-state index is 0.0404. The molecule has 2 aromatic heterocycles. The standard InChI is InChI=1S/C19H26N4O4/c1-4-5-12-27-16-15(19(26)23(10-11-24)13(2)3)21-17(22-18(16)25)14-8-6-7-9-20-14/h6-9,13,24H,4-5,10-12H2,1-3H3,(H,21,22,25). The summed E-state index contributed by atoms with van der Waals surface area (Å²) >= 11 is 0. The minimum Gasteiger partial charge on any atom is -0.491 e. The number of nitrogens with zero attached hydrogens (tertiary/aromatic N) is 4. The van der Waals surface area contributed by atoms with Crippen LogP contribution >= 0.6 is 0 Å². The van der Waals surface area contributed by atoms with E-state index in [-0.39, 0.29) is 36.5 Å². The van der Waals surface area contributed by atoms with Gasteiger partial charge in [0.25, 0.3) is 11.8 Å². The van der Waals surface area contributed by atoms with Gasteiger partial charge in [-0.05, 0) is 32.4 Å². The lowest BCUT2D eigenvalue weighted by Gasteiger charge is -2.26.